The molecular formula is C52H30N4S2. The summed E-state index contributed by atoms with van der Waals surface area (Å²) in [5, 5.41) is 8.55. The van der Waals surface area contributed by atoms with Crippen molar-refractivity contribution in [3.05, 3.63) is 182 Å². The molecule has 0 fully saturated rings. The summed E-state index contributed by atoms with van der Waals surface area (Å²) in [7, 11) is 0. The number of fused-ring (bicyclic) bond motifs is 10. The molecular weight excluding hydrogens is 745 g/mol. The van der Waals surface area contributed by atoms with Crippen molar-refractivity contribution < 1.29 is 0 Å². The predicted molar refractivity (Wildman–Crippen MR) is 246 cm³/mol. The Morgan fingerprint density at radius 1 is 0.310 bits per heavy atom. The summed E-state index contributed by atoms with van der Waals surface area (Å²) in [5.74, 6) is 1.89. The number of pyridine rings is 1. The Morgan fingerprint density at radius 3 is 1.57 bits per heavy atom. The second-order valence-electron chi connectivity index (χ2n) is 14.6. The molecule has 0 saturated heterocycles. The number of hydrogen-bond donors (Lipinski definition) is 0. The molecule has 4 nitrogen and oxygen atoms in total. The van der Waals surface area contributed by atoms with E-state index in [1.165, 1.54) is 56.7 Å². The molecule has 12 rings (SSSR count). The number of thiophene rings is 2. The van der Waals surface area contributed by atoms with E-state index < -0.39 is 0 Å². The topological polar surface area (TPSA) is 51.6 Å². The fraction of sp³-hybridized carbons (Fsp3) is 0. The smallest absolute Gasteiger partial charge is 0.164 e. The molecule has 0 bridgehead atoms. The van der Waals surface area contributed by atoms with Crippen LogP contribution in [0.1, 0.15) is 0 Å². The van der Waals surface area contributed by atoms with Crippen molar-refractivity contribution in [2.45, 2.75) is 0 Å². The monoisotopic (exact) mass is 774 g/mol. The predicted octanol–water partition coefficient (Wildman–Crippen LogP) is 14.6. The lowest BCUT2D eigenvalue weighted by Crippen LogP contribution is -2.00. The Balaban J connectivity index is 0.973. The van der Waals surface area contributed by atoms with E-state index in [-0.39, 0.29) is 0 Å². The molecule has 4 aromatic heterocycles. The molecule has 6 heteroatoms. The van der Waals surface area contributed by atoms with E-state index in [1.807, 2.05) is 53.0 Å². The molecule has 0 spiro atoms. The lowest BCUT2D eigenvalue weighted by molar-refractivity contribution is 1.07. The summed E-state index contributed by atoms with van der Waals surface area (Å²) in [5.41, 5.74) is 8.24. The molecule has 0 atom stereocenters. The van der Waals surface area contributed by atoms with Gasteiger partial charge in [0.1, 0.15) is 0 Å². The van der Waals surface area contributed by atoms with E-state index in [4.69, 9.17) is 19.9 Å². The van der Waals surface area contributed by atoms with Crippen molar-refractivity contribution in [2.24, 2.45) is 0 Å². The van der Waals surface area contributed by atoms with Crippen LogP contribution >= 0.6 is 22.7 Å². The van der Waals surface area contributed by atoms with E-state index in [0.29, 0.717) is 17.5 Å². The van der Waals surface area contributed by atoms with Gasteiger partial charge in [0.25, 0.3) is 0 Å². The molecule has 270 valence electrons. The average Bonchev–Trinajstić information content (AvgIpc) is 3.88. The van der Waals surface area contributed by atoms with Gasteiger partial charge in [0.05, 0.1) is 11.2 Å². The summed E-state index contributed by atoms with van der Waals surface area (Å²) in [4.78, 5) is 20.6. The molecule has 4 heterocycles. The molecule has 0 N–H and O–H groups in total. The van der Waals surface area contributed by atoms with Crippen LogP contribution in [-0.2, 0) is 0 Å². The van der Waals surface area contributed by atoms with Crippen molar-refractivity contribution in [3.63, 3.8) is 0 Å². The van der Waals surface area contributed by atoms with Gasteiger partial charge in [-0.2, -0.15) is 0 Å². The Kier molecular flexibility index (Phi) is 7.55. The SMILES string of the molecule is c1ccc(-c2nc(-c3ccc(-c4cccc5c4sc4ccccc45)cc3)nc(-c3ccc(-c4nc5c6ccccc6ccc5c5sc6ccccc6c45)cc3)n2)cc1. The fourth-order valence-electron chi connectivity index (χ4n) is 8.31. The molecule has 0 amide bonds. The number of aromatic nitrogens is 4. The molecule has 0 radical (unpaired) electrons. The maximum atomic E-state index is 5.46. The van der Waals surface area contributed by atoms with Crippen LogP contribution in [0.25, 0.3) is 119 Å². The van der Waals surface area contributed by atoms with E-state index in [2.05, 4.69) is 152 Å². The number of rotatable bonds is 5. The highest BCUT2D eigenvalue weighted by Crippen LogP contribution is 2.44. The van der Waals surface area contributed by atoms with Gasteiger partial charge in [-0.1, -0.05) is 170 Å². The molecule has 58 heavy (non-hydrogen) atoms. The van der Waals surface area contributed by atoms with Gasteiger partial charge in [0, 0.05) is 73.4 Å². The molecule has 12 aromatic rings. The van der Waals surface area contributed by atoms with Gasteiger partial charge in [-0.25, -0.2) is 19.9 Å². The molecule has 0 unspecified atom stereocenters. The highest BCUT2D eigenvalue weighted by Gasteiger charge is 2.19. The number of benzene rings is 8. The summed E-state index contributed by atoms with van der Waals surface area (Å²) < 4.78 is 5.12. The average molecular weight is 775 g/mol. The first-order chi connectivity index (χ1) is 28.7. The zero-order valence-electron chi connectivity index (χ0n) is 30.9. The highest BCUT2D eigenvalue weighted by atomic mass is 32.1. The third kappa shape index (κ3) is 5.34. The van der Waals surface area contributed by atoms with Crippen LogP contribution in [0.4, 0.5) is 0 Å². The molecule has 8 aromatic carbocycles. The van der Waals surface area contributed by atoms with Crippen LogP contribution in [0.15, 0.2) is 182 Å². The maximum Gasteiger partial charge on any atom is 0.164 e. The number of hydrogen-bond acceptors (Lipinski definition) is 6. The van der Waals surface area contributed by atoms with Gasteiger partial charge >= 0.3 is 0 Å². The Bertz CT molecular complexity index is 3550. The maximum absolute atomic E-state index is 5.46. The third-order valence-corrected chi connectivity index (χ3v) is 13.6. The van der Waals surface area contributed by atoms with Crippen molar-refractivity contribution in [2.75, 3.05) is 0 Å². The number of nitrogens with zero attached hydrogens (tertiary/aromatic N) is 4. The summed E-state index contributed by atoms with van der Waals surface area (Å²) >= 11 is 3.69. The van der Waals surface area contributed by atoms with Gasteiger partial charge < -0.3 is 0 Å². The standard InChI is InChI=1S/C52H30N4S2/c1-2-12-34(13-3-1)50-54-51(35-25-21-32(22-26-35)38-17-10-18-40-39-15-6-8-19-43(39)57-48(38)40)56-52(55-50)36-27-23-33(24-28-36)46-45-41-16-7-9-20-44(41)58-49(45)42-30-29-31-11-4-5-14-37(31)47(42)53-46/h1-30H. The lowest BCUT2D eigenvalue weighted by atomic mass is 9.99. The zero-order chi connectivity index (χ0) is 38.2. The minimum atomic E-state index is 0.623. The second kappa shape index (κ2) is 13.2. The quantitative estimate of drug-likeness (QED) is 0.163. The van der Waals surface area contributed by atoms with Crippen molar-refractivity contribution in [1.82, 2.24) is 19.9 Å². The first-order valence-corrected chi connectivity index (χ1v) is 20.9. The van der Waals surface area contributed by atoms with E-state index >= 15 is 0 Å². The summed E-state index contributed by atoms with van der Waals surface area (Å²) in [6.45, 7) is 0. The highest BCUT2D eigenvalue weighted by molar-refractivity contribution is 7.27. The van der Waals surface area contributed by atoms with Crippen LogP contribution in [-0.4, -0.2) is 19.9 Å². The van der Waals surface area contributed by atoms with Crippen LogP contribution in [0.5, 0.6) is 0 Å². The van der Waals surface area contributed by atoms with E-state index in [9.17, 15) is 0 Å². The largest absolute Gasteiger partial charge is 0.246 e. The van der Waals surface area contributed by atoms with Crippen molar-refractivity contribution >= 4 is 84.7 Å². The van der Waals surface area contributed by atoms with Crippen molar-refractivity contribution in [1.29, 1.82) is 0 Å². The minimum absolute atomic E-state index is 0.623. The Morgan fingerprint density at radius 2 is 0.845 bits per heavy atom. The second-order valence-corrected chi connectivity index (χ2v) is 16.7. The minimum Gasteiger partial charge on any atom is -0.246 e. The molecule has 0 saturated carbocycles. The molecule has 0 aliphatic carbocycles. The Hall–Kier alpha value is -7.12. The van der Waals surface area contributed by atoms with Crippen LogP contribution in [0.2, 0.25) is 0 Å². The van der Waals surface area contributed by atoms with Crippen LogP contribution in [0, 0.1) is 0 Å². The normalized spacial score (nSPS) is 11.8. The Labute approximate surface area is 341 Å². The fourth-order valence-corrected chi connectivity index (χ4v) is 10.8. The third-order valence-electron chi connectivity index (χ3n) is 11.1. The van der Waals surface area contributed by atoms with Gasteiger partial charge in [-0.3, -0.25) is 0 Å². The zero-order valence-corrected chi connectivity index (χ0v) is 32.6. The molecule has 0 aliphatic heterocycles. The van der Waals surface area contributed by atoms with E-state index in [0.717, 1.165) is 44.4 Å². The van der Waals surface area contributed by atoms with Gasteiger partial charge in [0.15, 0.2) is 17.5 Å². The van der Waals surface area contributed by atoms with Gasteiger partial charge in [0.2, 0.25) is 0 Å². The first-order valence-electron chi connectivity index (χ1n) is 19.3. The first kappa shape index (κ1) is 33.1. The molecule has 0 aliphatic rings. The van der Waals surface area contributed by atoms with E-state index in [1.54, 1.807) is 0 Å². The van der Waals surface area contributed by atoms with Gasteiger partial charge in [-0.05, 0) is 28.6 Å². The van der Waals surface area contributed by atoms with Crippen LogP contribution < -0.4 is 0 Å². The van der Waals surface area contributed by atoms with Gasteiger partial charge in [-0.15, -0.1) is 22.7 Å². The van der Waals surface area contributed by atoms with Crippen molar-refractivity contribution in [3.8, 4) is 56.5 Å². The van der Waals surface area contributed by atoms with Crippen LogP contribution in [0.3, 0.4) is 0 Å². The summed E-state index contributed by atoms with van der Waals surface area (Å²) in [6, 6.07) is 64.2. The lowest BCUT2D eigenvalue weighted by Gasteiger charge is -2.11. The summed E-state index contributed by atoms with van der Waals surface area (Å²) in [6.07, 6.45) is 0.